The van der Waals surface area contributed by atoms with Crippen molar-refractivity contribution in [2.45, 2.75) is 0 Å². The number of carbonyl (C=O) groups is 1. The normalized spacial score (nSPS) is 10.3. The van der Waals surface area contributed by atoms with E-state index < -0.39 is 4.92 Å². The summed E-state index contributed by atoms with van der Waals surface area (Å²) in [6.07, 6.45) is 4.60. The van der Waals surface area contributed by atoms with Gasteiger partial charge in [0.25, 0.3) is 5.69 Å². The zero-order valence-corrected chi connectivity index (χ0v) is 12.8. The minimum absolute atomic E-state index is 0.00960. The lowest BCUT2D eigenvalue weighted by Crippen LogP contribution is -2.07. The van der Waals surface area contributed by atoms with Crippen molar-refractivity contribution in [2.24, 2.45) is 0 Å². The molecule has 0 atom stereocenters. The Morgan fingerprint density at radius 1 is 1.17 bits per heavy atom. The van der Waals surface area contributed by atoms with E-state index in [1.165, 1.54) is 18.2 Å². The predicted octanol–water partition coefficient (Wildman–Crippen LogP) is 3.81. The number of nitro groups is 1. The van der Waals surface area contributed by atoms with E-state index in [0.717, 1.165) is 0 Å². The Morgan fingerprint density at radius 2 is 1.83 bits per heavy atom. The summed E-state index contributed by atoms with van der Waals surface area (Å²) in [6, 6.07) is 12.9. The summed E-state index contributed by atoms with van der Waals surface area (Å²) in [6.45, 7) is 3.99. The van der Waals surface area contributed by atoms with Crippen LogP contribution in [-0.4, -0.2) is 17.4 Å². The maximum atomic E-state index is 11.9. The van der Waals surface area contributed by atoms with E-state index in [1.807, 2.05) is 0 Å². The molecule has 2 aromatic rings. The van der Waals surface area contributed by atoms with E-state index in [-0.39, 0.29) is 11.6 Å². The molecule has 0 aliphatic carbocycles. The third kappa shape index (κ3) is 5.10. The van der Waals surface area contributed by atoms with Crippen molar-refractivity contribution in [3.8, 4) is 5.75 Å². The third-order valence-corrected chi connectivity index (χ3v) is 3.02. The smallest absolute Gasteiger partial charge is 0.269 e. The number of hydrogen-bond donors (Lipinski definition) is 1. The molecule has 0 aromatic heterocycles. The van der Waals surface area contributed by atoms with E-state index in [9.17, 15) is 14.9 Å². The topological polar surface area (TPSA) is 81.5 Å². The second kappa shape index (κ2) is 8.28. The minimum atomic E-state index is -0.470. The first-order valence-electron chi connectivity index (χ1n) is 7.16. The fourth-order valence-electron chi connectivity index (χ4n) is 1.85. The van der Waals surface area contributed by atoms with Crippen LogP contribution in [0.4, 0.5) is 11.4 Å². The van der Waals surface area contributed by atoms with Crippen LogP contribution in [0.3, 0.4) is 0 Å². The lowest BCUT2D eigenvalue weighted by Gasteiger charge is -2.05. The number of hydrogen-bond acceptors (Lipinski definition) is 4. The minimum Gasteiger partial charge on any atom is -0.490 e. The number of nitrogens with zero attached hydrogens (tertiary/aromatic N) is 1. The SMILES string of the molecule is C=CCOc1ccc(NC(=O)/C=C/c2ccc([N+](=O)[O-])cc2)cc1. The van der Waals surface area contributed by atoms with Gasteiger partial charge in [0.2, 0.25) is 5.91 Å². The van der Waals surface area contributed by atoms with Gasteiger partial charge in [-0.25, -0.2) is 0 Å². The van der Waals surface area contributed by atoms with E-state index >= 15 is 0 Å². The molecule has 0 aliphatic rings. The summed E-state index contributed by atoms with van der Waals surface area (Å²) in [4.78, 5) is 22.0. The third-order valence-electron chi connectivity index (χ3n) is 3.02. The second-order valence-corrected chi connectivity index (χ2v) is 4.80. The molecule has 0 fully saturated rings. The number of amides is 1. The molecule has 0 unspecified atom stereocenters. The van der Waals surface area contributed by atoms with Crippen LogP contribution in [-0.2, 0) is 4.79 Å². The molecule has 0 bridgehead atoms. The molecule has 24 heavy (non-hydrogen) atoms. The van der Waals surface area contributed by atoms with Crippen LogP contribution in [0.1, 0.15) is 5.56 Å². The highest BCUT2D eigenvalue weighted by atomic mass is 16.6. The van der Waals surface area contributed by atoms with Crippen LogP contribution in [0.25, 0.3) is 6.08 Å². The summed E-state index contributed by atoms with van der Waals surface area (Å²) in [5.74, 6) is 0.391. The molecule has 0 saturated heterocycles. The largest absolute Gasteiger partial charge is 0.490 e. The standard InChI is InChI=1S/C18H16N2O4/c1-2-13-24-17-10-6-15(7-11-17)19-18(21)12-5-14-3-8-16(9-4-14)20(22)23/h2-12H,1,13H2,(H,19,21)/b12-5+. The van der Waals surface area contributed by atoms with Crippen molar-refractivity contribution < 1.29 is 14.5 Å². The van der Waals surface area contributed by atoms with E-state index in [4.69, 9.17) is 4.74 Å². The predicted molar refractivity (Wildman–Crippen MR) is 92.9 cm³/mol. The summed E-state index contributed by atoms with van der Waals surface area (Å²) in [5, 5.41) is 13.3. The van der Waals surface area contributed by atoms with Crippen molar-refractivity contribution in [1.82, 2.24) is 0 Å². The van der Waals surface area contributed by atoms with Crippen LogP contribution in [0.2, 0.25) is 0 Å². The highest BCUT2D eigenvalue weighted by molar-refractivity contribution is 6.01. The number of benzene rings is 2. The molecule has 2 rings (SSSR count). The van der Waals surface area contributed by atoms with Crippen LogP contribution < -0.4 is 10.1 Å². The Bertz CT molecular complexity index is 750. The molecule has 0 saturated carbocycles. The fraction of sp³-hybridized carbons (Fsp3) is 0.0556. The van der Waals surface area contributed by atoms with Crippen LogP contribution in [0.5, 0.6) is 5.75 Å². The molecular formula is C18H16N2O4. The van der Waals surface area contributed by atoms with Crippen molar-refractivity contribution in [3.05, 3.63) is 82.9 Å². The first kappa shape index (κ1) is 17.0. The number of nitro benzene ring substituents is 1. The van der Waals surface area contributed by atoms with Gasteiger partial charge in [-0.15, -0.1) is 0 Å². The number of carbonyl (C=O) groups excluding carboxylic acids is 1. The van der Waals surface area contributed by atoms with Gasteiger partial charge in [0.05, 0.1) is 4.92 Å². The van der Waals surface area contributed by atoms with E-state index in [2.05, 4.69) is 11.9 Å². The molecule has 0 heterocycles. The number of anilines is 1. The molecule has 0 aliphatic heterocycles. The summed E-state index contributed by atoms with van der Waals surface area (Å²) in [5.41, 5.74) is 1.35. The van der Waals surface area contributed by atoms with Crippen LogP contribution >= 0.6 is 0 Å². The van der Waals surface area contributed by atoms with E-state index in [1.54, 1.807) is 48.6 Å². The molecule has 6 nitrogen and oxygen atoms in total. The highest BCUT2D eigenvalue weighted by Gasteiger charge is 2.03. The fourth-order valence-corrected chi connectivity index (χ4v) is 1.85. The van der Waals surface area contributed by atoms with Gasteiger partial charge in [-0.2, -0.15) is 0 Å². The zero-order valence-electron chi connectivity index (χ0n) is 12.8. The first-order valence-corrected chi connectivity index (χ1v) is 7.16. The van der Waals surface area contributed by atoms with Crippen LogP contribution in [0.15, 0.2) is 67.3 Å². The number of ether oxygens (including phenoxy) is 1. The van der Waals surface area contributed by atoms with Crippen LogP contribution in [0, 0.1) is 10.1 Å². The molecule has 122 valence electrons. The molecule has 1 N–H and O–H groups in total. The summed E-state index contributed by atoms with van der Waals surface area (Å²) >= 11 is 0. The molecule has 0 radical (unpaired) electrons. The average Bonchev–Trinajstić information content (AvgIpc) is 2.59. The second-order valence-electron chi connectivity index (χ2n) is 4.80. The van der Waals surface area contributed by atoms with Gasteiger partial charge in [-0.3, -0.25) is 14.9 Å². The van der Waals surface area contributed by atoms with Gasteiger partial charge >= 0.3 is 0 Å². The molecule has 0 spiro atoms. The molecule has 6 heteroatoms. The number of nitrogens with one attached hydrogen (secondary N) is 1. The Balaban J connectivity index is 1.92. The van der Waals surface area contributed by atoms with Gasteiger partial charge in [-0.1, -0.05) is 12.7 Å². The number of rotatable bonds is 7. The maximum Gasteiger partial charge on any atom is 0.269 e. The van der Waals surface area contributed by atoms with Gasteiger partial charge in [0.15, 0.2) is 0 Å². The summed E-state index contributed by atoms with van der Waals surface area (Å²) < 4.78 is 5.35. The monoisotopic (exact) mass is 324 g/mol. The Hall–Kier alpha value is -3.41. The van der Waals surface area contributed by atoms with Gasteiger partial charge in [0.1, 0.15) is 12.4 Å². The average molecular weight is 324 g/mol. The van der Waals surface area contributed by atoms with Crippen molar-refractivity contribution in [2.75, 3.05) is 11.9 Å². The lowest BCUT2D eigenvalue weighted by molar-refractivity contribution is -0.384. The Kier molecular flexibility index (Phi) is 5.85. The Labute approximate surface area is 139 Å². The van der Waals surface area contributed by atoms with Gasteiger partial charge in [-0.05, 0) is 48.0 Å². The van der Waals surface area contributed by atoms with Crippen molar-refractivity contribution in [3.63, 3.8) is 0 Å². The molecule has 2 aromatic carbocycles. The van der Waals surface area contributed by atoms with Crippen molar-refractivity contribution in [1.29, 1.82) is 0 Å². The molecule has 1 amide bonds. The zero-order chi connectivity index (χ0) is 17.4. The Morgan fingerprint density at radius 3 is 2.42 bits per heavy atom. The maximum absolute atomic E-state index is 11.9. The highest BCUT2D eigenvalue weighted by Crippen LogP contribution is 2.16. The molecular weight excluding hydrogens is 308 g/mol. The van der Waals surface area contributed by atoms with Crippen molar-refractivity contribution >= 4 is 23.4 Å². The van der Waals surface area contributed by atoms with Gasteiger partial charge in [0, 0.05) is 23.9 Å². The lowest BCUT2D eigenvalue weighted by atomic mass is 10.2. The first-order chi connectivity index (χ1) is 11.6. The number of non-ortho nitro benzene ring substituents is 1. The van der Waals surface area contributed by atoms with E-state index in [0.29, 0.717) is 23.6 Å². The quantitative estimate of drug-likeness (QED) is 0.363. The van der Waals surface area contributed by atoms with Gasteiger partial charge < -0.3 is 10.1 Å². The summed E-state index contributed by atoms with van der Waals surface area (Å²) in [7, 11) is 0.